The van der Waals surface area contributed by atoms with E-state index in [0.717, 1.165) is 19.0 Å². The van der Waals surface area contributed by atoms with E-state index in [1.165, 1.54) is 19.3 Å². The van der Waals surface area contributed by atoms with E-state index in [0.29, 0.717) is 22.9 Å². The molecular formula is C13H16ClN5O. The van der Waals surface area contributed by atoms with Gasteiger partial charge in [-0.25, -0.2) is 4.98 Å². The Kier molecular flexibility index (Phi) is 3.43. The molecule has 3 heterocycles. The molecule has 6 nitrogen and oxygen atoms in total. The number of halogens is 1. The monoisotopic (exact) mass is 293 g/mol. The predicted molar refractivity (Wildman–Crippen MR) is 74.5 cm³/mol. The quantitative estimate of drug-likeness (QED) is 0.910. The van der Waals surface area contributed by atoms with E-state index < -0.39 is 0 Å². The van der Waals surface area contributed by atoms with Gasteiger partial charge in [-0.3, -0.25) is 4.98 Å². The molecule has 2 aliphatic rings. The van der Waals surface area contributed by atoms with Crippen LogP contribution in [-0.4, -0.2) is 33.2 Å². The van der Waals surface area contributed by atoms with Crippen molar-refractivity contribution in [3.8, 4) is 11.5 Å². The van der Waals surface area contributed by atoms with Crippen molar-refractivity contribution in [2.75, 3.05) is 13.1 Å². The largest absolute Gasteiger partial charge is 0.339 e. The van der Waals surface area contributed by atoms with Crippen molar-refractivity contribution in [1.29, 1.82) is 0 Å². The topological polar surface area (TPSA) is 76.7 Å². The smallest absolute Gasteiger partial charge is 0.230 e. The van der Waals surface area contributed by atoms with E-state index in [1.807, 2.05) is 0 Å². The molecule has 1 N–H and O–H groups in total. The van der Waals surface area contributed by atoms with Crippen molar-refractivity contribution >= 4 is 12.4 Å². The molecule has 2 aromatic heterocycles. The lowest BCUT2D eigenvalue weighted by atomic mass is 9.92. The van der Waals surface area contributed by atoms with Gasteiger partial charge in [-0.1, -0.05) is 5.16 Å². The Morgan fingerprint density at radius 2 is 2.10 bits per heavy atom. The standard InChI is InChI=1S/C13H15N5O.ClH/c1-3-14-4-2-13(1)7-9(13)12-17-11(18-19-12)10-8-15-5-6-16-10;/h5-6,8-9,14H,1-4,7H2;1H. The molecule has 7 heteroatoms. The second-order valence-corrected chi connectivity index (χ2v) is 5.42. The first kappa shape index (κ1) is 13.5. The van der Waals surface area contributed by atoms with Crippen LogP contribution in [-0.2, 0) is 0 Å². The van der Waals surface area contributed by atoms with Gasteiger partial charge in [-0.2, -0.15) is 4.98 Å². The van der Waals surface area contributed by atoms with E-state index in [9.17, 15) is 0 Å². The maximum Gasteiger partial charge on any atom is 0.230 e. The average Bonchev–Trinajstić information content (AvgIpc) is 2.96. The van der Waals surface area contributed by atoms with Crippen molar-refractivity contribution in [2.45, 2.75) is 25.2 Å². The molecular weight excluding hydrogens is 278 g/mol. The Bertz CT molecular complexity index is 581. The summed E-state index contributed by atoms with van der Waals surface area (Å²) in [5, 5.41) is 7.42. The van der Waals surface area contributed by atoms with Gasteiger partial charge in [-0.05, 0) is 37.8 Å². The molecule has 0 radical (unpaired) electrons. The van der Waals surface area contributed by atoms with Crippen molar-refractivity contribution in [1.82, 2.24) is 25.4 Å². The second-order valence-electron chi connectivity index (χ2n) is 5.42. The van der Waals surface area contributed by atoms with Crippen molar-refractivity contribution < 1.29 is 4.52 Å². The van der Waals surface area contributed by atoms with Crippen LogP contribution in [0.2, 0.25) is 0 Å². The molecule has 1 saturated carbocycles. The average molecular weight is 294 g/mol. The van der Waals surface area contributed by atoms with Crippen LogP contribution >= 0.6 is 12.4 Å². The lowest BCUT2D eigenvalue weighted by molar-refractivity contribution is 0.311. The van der Waals surface area contributed by atoms with Crippen LogP contribution in [0.25, 0.3) is 11.5 Å². The van der Waals surface area contributed by atoms with Gasteiger partial charge in [0.25, 0.3) is 0 Å². The Morgan fingerprint density at radius 1 is 1.25 bits per heavy atom. The minimum atomic E-state index is 0. The number of nitrogens with one attached hydrogen (secondary N) is 1. The number of piperidine rings is 1. The van der Waals surface area contributed by atoms with Gasteiger partial charge in [0.15, 0.2) is 0 Å². The number of nitrogens with zero attached hydrogens (tertiary/aromatic N) is 4. The SMILES string of the molecule is Cl.c1cnc(-c2noc(C3CC34CCNCC4)n2)cn1. The lowest BCUT2D eigenvalue weighted by Crippen LogP contribution is -2.29. The molecule has 0 aromatic carbocycles. The van der Waals surface area contributed by atoms with Crippen LogP contribution in [0.15, 0.2) is 23.1 Å². The van der Waals surface area contributed by atoms with Gasteiger partial charge in [0.05, 0.1) is 6.20 Å². The minimum absolute atomic E-state index is 0. The molecule has 2 aromatic rings. The highest BCUT2D eigenvalue weighted by atomic mass is 35.5. The summed E-state index contributed by atoms with van der Waals surface area (Å²) in [5.74, 6) is 1.74. The molecule has 1 aliphatic carbocycles. The Morgan fingerprint density at radius 3 is 2.85 bits per heavy atom. The van der Waals surface area contributed by atoms with E-state index in [1.54, 1.807) is 18.6 Å². The summed E-state index contributed by atoms with van der Waals surface area (Å²) in [6, 6.07) is 0. The third-order valence-electron chi connectivity index (χ3n) is 4.32. The molecule has 1 unspecified atom stereocenters. The van der Waals surface area contributed by atoms with Crippen LogP contribution in [0.3, 0.4) is 0 Å². The number of rotatable bonds is 2. The summed E-state index contributed by atoms with van der Waals surface area (Å²) >= 11 is 0. The fourth-order valence-corrected chi connectivity index (χ4v) is 3.07. The number of hydrogen-bond acceptors (Lipinski definition) is 6. The van der Waals surface area contributed by atoms with Gasteiger partial charge in [0.1, 0.15) is 5.69 Å². The van der Waals surface area contributed by atoms with E-state index in [2.05, 4.69) is 25.4 Å². The normalized spacial score (nSPS) is 23.3. The first-order valence-electron chi connectivity index (χ1n) is 6.68. The van der Waals surface area contributed by atoms with Crippen molar-refractivity contribution in [2.24, 2.45) is 5.41 Å². The molecule has 0 bridgehead atoms. The van der Waals surface area contributed by atoms with Crippen LogP contribution in [0.1, 0.15) is 31.1 Å². The van der Waals surface area contributed by atoms with Crippen LogP contribution in [0, 0.1) is 5.41 Å². The maximum absolute atomic E-state index is 5.42. The zero-order valence-electron chi connectivity index (χ0n) is 11.0. The fraction of sp³-hybridized carbons (Fsp3) is 0.538. The molecule has 1 saturated heterocycles. The fourth-order valence-electron chi connectivity index (χ4n) is 3.07. The van der Waals surface area contributed by atoms with Crippen LogP contribution in [0.5, 0.6) is 0 Å². The zero-order valence-corrected chi connectivity index (χ0v) is 11.8. The predicted octanol–water partition coefficient (Wildman–Crippen LogP) is 1.81. The van der Waals surface area contributed by atoms with Crippen LogP contribution in [0.4, 0.5) is 0 Å². The first-order chi connectivity index (χ1) is 9.37. The molecule has 106 valence electrons. The molecule has 20 heavy (non-hydrogen) atoms. The maximum atomic E-state index is 5.42. The molecule has 1 atom stereocenters. The van der Waals surface area contributed by atoms with E-state index in [-0.39, 0.29) is 12.4 Å². The first-order valence-corrected chi connectivity index (χ1v) is 6.68. The molecule has 4 rings (SSSR count). The van der Waals surface area contributed by atoms with Crippen molar-refractivity contribution in [3.05, 3.63) is 24.5 Å². The van der Waals surface area contributed by atoms with E-state index in [4.69, 9.17) is 4.52 Å². The number of hydrogen-bond donors (Lipinski definition) is 1. The summed E-state index contributed by atoms with van der Waals surface area (Å²) in [7, 11) is 0. The lowest BCUT2D eigenvalue weighted by Gasteiger charge is -2.22. The van der Waals surface area contributed by atoms with Crippen LogP contribution < -0.4 is 5.32 Å². The van der Waals surface area contributed by atoms with Crippen molar-refractivity contribution in [3.63, 3.8) is 0 Å². The van der Waals surface area contributed by atoms with Gasteiger partial charge >= 0.3 is 0 Å². The second kappa shape index (κ2) is 5.10. The summed E-state index contributed by atoms with van der Waals surface area (Å²) in [6.07, 6.45) is 8.52. The van der Waals surface area contributed by atoms with Gasteiger partial charge in [0.2, 0.25) is 11.7 Å². The highest BCUT2D eigenvalue weighted by Gasteiger charge is 2.57. The van der Waals surface area contributed by atoms with Gasteiger partial charge in [-0.15, -0.1) is 12.4 Å². The van der Waals surface area contributed by atoms with Gasteiger partial charge < -0.3 is 9.84 Å². The minimum Gasteiger partial charge on any atom is -0.339 e. The summed E-state index contributed by atoms with van der Waals surface area (Å²) in [6.45, 7) is 2.20. The Balaban J connectivity index is 0.00000121. The molecule has 0 amide bonds. The summed E-state index contributed by atoms with van der Waals surface area (Å²) < 4.78 is 5.42. The summed E-state index contributed by atoms with van der Waals surface area (Å²) in [5.41, 5.74) is 1.08. The third kappa shape index (κ3) is 2.19. The number of aromatic nitrogens is 4. The third-order valence-corrected chi connectivity index (χ3v) is 4.32. The molecule has 2 fully saturated rings. The highest BCUT2D eigenvalue weighted by molar-refractivity contribution is 5.85. The Labute approximate surface area is 122 Å². The Hall–Kier alpha value is -1.53. The molecule has 1 aliphatic heterocycles. The zero-order chi connectivity index (χ0) is 12.7. The summed E-state index contributed by atoms with van der Waals surface area (Å²) in [4.78, 5) is 12.7. The van der Waals surface area contributed by atoms with E-state index >= 15 is 0 Å². The molecule has 1 spiro atoms. The van der Waals surface area contributed by atoms with Gasteiger partial charge in [0, 0.05) is 18.3 Å². The highest BCUT2D eigenvalue weighted by Crippen LogP contribution is 2.63.